The number of fused-ring (bicyclic) bond motifs is 1. The monoisotopic (exact) mass is 450 g/mol. The highest BCUT2D eigenvalue weighted by Gasteiger charge is 2.43. The molecule has 170 valence electrons. The highest BCUT2D eigenvalue weighted by Crippen LogP contribution is 2.41. The molecule has 0 aliphatic heterocycles. The SMILES string of the molecule is CCOCCn1c(=O)n(C2(C)CC2)c(=O)c2c(C)c(/C=N/N(C(=O)O)C(C)(C)C)sc21. The number of thiophene rings is 1. The van der Waals surface area contributed by atoms with Crippen LogP contribution >= 0.6 is 11.3 Å². The van der Waals surface area contributed by atoms with E-state index >= 15 is 0 Å². The molecular weight excluding hydrogens is 420 g/mol. The van der Waals surface area contributed by atoms with Crippen LogP contribution in [0.25, 0.3) is 10.2 Å². The van der Waals surface area contributed by atoms with Crippen LogP contribution in [0.4, 0.5) is 4.79 Å². The van der Waals surface area contributed by atoms with Crippen LogP contribution in [0.2, 0.25) is 0 Å². The molecule has 2 aromatic heterocycles. The zero-order valence-corrected chi connectivity index (χ0v) is 19.7. The van der Waals surface area contributed by atoms with Gasteiger partial charge in [-0.1, -0.05) is 0 Å². The summed E-state index contributed by atoms with van der Waals surface area (Å²) in [5.74, 6) is 0. The van der Waals surface area contributed by atoms with Gasteiger partial charge in [-0.15, -0.1) is 11.3 Å². The molecule has 1 aliphatic rings. The molecule has 1 amide bonds. The van der Waals surface area contributed by atoms with Crippen molar-refractivity contribution in [2.75, 3.05) is 13.2 Å². The van der Waals surface area contributed by atoms with E-state index in [2.05, 4.69) is 5.10 Å². The Hall–Kier alpha value is -2.46. The molecule has 0 aromatic carbocycles. The Morgan fingerprint density at radius 3 is 2.52 bits per heavy atom. The van der Waals surface area contributed by atoms with E-state index in [4.69, 9.17) is 4.74 Å². The van der Waals surface area contributed by atoms with Gasteiger partial charge in [0.1, 0.15) is 4.83 Å². The zero-order valence-electron chi connectivity index (χ0n) is 18.9. The molecule has 0 radical (unpaired) electrons. The molecule has 3 rings (SSSR count). The maximum absolute atomic E-state index is 13.3. The molecule has 0 saturated heterocycles. The van der Waals surface area contributed by atoms with E-state index in [1.54, 1.807) is 32.3 Å². The highest BCUT2D eigenvalue weighted by atomic mass is 32.1. The van der Waals surface area contributed by atoms with Crippen molar-refractivity contribution in [3.8, 4) is 0 Å². The number of rotatable bonds is 7. The van der Waals surface area contributed by atoms with Crippen molar-refractivity contribution >= 4 is 33.9 Å². The molecule has 0 bridgehead atoms. The Labute approximate surface area is 184 Å². The Morgan fingerprint density at radius 1 is 1.35 bits per heavy atom. The number of hydrogen-bond donors (Lipinski definition) is 1. The van der Waals surface area contributed by atoms with Crippen LogP contribution in [0, 0.1) is 6.92 Å². The minimum atomic E-state index is -1.17. The molecule has 0 unspecified atom stereocenters. The fraction of sp³-hybridized carbons (Fsp3) is 0.619. The lowest BCUT2D eigenvalue weighted by atomic mass is 10.1. The molecule has 2 heterocycles. The van der Waals surface area contributed by atoms with Crippen molar-refractivity contribution in [3.63, 3.8) is 0 Å². The number of aromatic nitrogens is 2. The summed E-state index contributed by atoms with van der Waals surface area (Å²) in [7, 11) is 0. The Balaban J connectivity index is 2.20. The van der Waals surface area contributed by atoms with Gasteiger partial charge in [-0.3, -0.25) is 13.9 Å². The number of hydrogen-bond acceptors (Lipinski definition) is 6. The van der Waals surface area contributed by atoms with Gasteiger partial charge in [0.15, 0.2) is 0 Å². The van der Waals surface area contributed by atoms with Crippen LogP contribution in [0.3, 0.4) is 0 Å². The Kier molecular flexibility index (Phi) is 6.16. The first kappa shape index (κ1) is 23.2. The molecule has 1 fully saturated rings. The summed E-state index contributed by atoms with van der Waals surface area (Å²) in [6, 6.07) is 0. The summed E-state index contributed by atoms with van der Waals surface area (Å²) >= 11 is 1.27. The molecule has 1 saturated carbocycles. The summed E-state index contributed by atoms with van der Waals surface area (Å²) in [5.41, 5.74) is -1.11. The van der Waals surface area contributed by atoms with E-state index < -0.39 is 17.2 Å². The maximum Gasteiger partial charge on any atom is 0.428 e. The van der Waals surface area contributed by atoms with Gasteiger partial charge in [-0.05, 0) is 59.9 Å². The highest BCUT2D eigenvalue weighted by molar-refractivity contribution is 7.20. The van der Waals surface area contributed by atoms with Gasteiger partial charge in [-0.2, -0.15) is 10.1 Å². The minimum Gasteiger partial charge on any atom is -0.464 e. The van der Waals surface area contributed by atoms with Crippen molar-refractivity contribution in [2.45, 2.75) is 72.0 Å². The molecular formula is C21H30N4O5S. The van der Waals surface area contributed by atoms with E-state index in [-0.39, 0.29) is 11.2 Å². The van der Waals surface area contributed by atoms with Crippen LogP contribution in [0.1, 0.15) is 57.9 Å². The number of aryl methyl sites for hydroxylation is 1. The van der Waals surface area contributed by atoms with E-state index in [1.165, 1.54) is 22.1 Å². The summed E-state index contributed by atoms with van der Waals surface area (Å²) in [6.45, 7) is 12.1. The fourth-order valence-corrected chi connectivity index (χ4v) is 4.67. The minimum absolute atomic E-state index is 0.299. The molecule has 2 aromatic rings. The molecule has 0 spiro atoms. The van der Waals surface area contributed by atoms with Crippen LogP contribution in [0.15, 0.2) is 14.7 Å². The lowest BCUT2D eigenvalue weighted by Gasteiger charge is -2.27. The van der Waals surface area contributed by atoms with E-state index in [0.29, 0.717) is 40.4 Å². The van der Waals surface area contributed by atoms with Gasteiger partial charge >= 0.3 is 11.8 Å². The zero-order chi connectivity index (χ0) is 23.1. The second-order valence-corrected chi connectivity index (χ2v) is 10.1. The smallest absolute Gasteiger partial charge is 0.428 e. The van der Waals surface area contributed by atoms with Gasteiger partial charge in [-0.25, -0.2) is 9.59 Å². The standard InChI is InChI=1S/C21H30N4O5S/c1-7-30-11-10-23-17-15(16(26)24(18(23)27)21(6)8-9-21)13(2)14(31-17)12-22-25(19(28)29)20(3,4)5/h12H,7-11H2,1-6H3,(H,28,29)/b22-12+. The maximum atomic E-state index is 13.3. The predicted molar refractivity (Wildman–Crippen MR) is 122 cm³/mol. The van der Waals surface area contributed by atoms with Crippen molar-refractivity contribution < 1.29 is 14.6 Å². The quantitative estimate of drug-likeness (QED) is 0.396. The van der Waals surface area contributed by atoms with Gasteiger partial charge in [0.25, 0.3) is 5.56 Å². The Bertz CT molecular complexity index is 1150. The van der Waals surface area contributed by atoms with E-state index in [9.17, 15) is 19.5 Å². The van der Waals surface area contributed by atoms with Gasteiger partial charge in [0.05, 0.1) is 40.7 Å². The lowest BCUT2D eigenvalue weighted by Crippen LogP contribution is -2.45. The van der Waals surface area contributed by atoms with Crippen molar-refractivity contribution in [1.82, 2.24) is 14.1 Å². The van der Waals surface area contributed by atoms with Crippen LogP contribution < -0.4 is 11.2 Å². The summed E-state index contributed by atoms with van der Waals surface area (Å²) in [6.07, 6.45) is 1.87. The number of carbonyl (C=O) groups is 1. The molecule has 9 nitrogen and oxygen atoms in total. The van der Waals surface area contributed by atoms with Crippen LogP contribution in [-0.2, 0) is 16.8 Å². The van der Waals surface area contributed by atoms with Crippen molar-refractivity contribution in [3.05, 3.63) is 31.3 Å². The number of nitrogens with zero attached hydrogens (tertiary/aromatic N) is 4. The van der Waals surface area contributed by atoms with E-state index in [1.807, 2.05) is 13.8 Å². The Morgan fingerprint density at radius 2 is 2.00 bits per heavy atom. The molecule has 1 N–H and O–H groups in total. The van der Waals surface area contributed by atoms with Crippen molar-refractivity contribution in [2.24, 2.45) is 5.10 Å². The number of hydrazone groups is 1. The third-order valence-electron chi connectivity index (χ3n) is 5.53. The first-order valence-electron chi connectivity index (χ1n) is 10.4. The predicted octanol–water partition coefficient (Wildman–Crippen LogP) is 3.19. The molecule has 1 aliphatic carbocycles. The first-order chi connectivity index (χ1) is 14.4. The van der Waals surface area contributed by atoms with Gasteiger partial charge in [0.2, 0.25) is 0 Å². The van der Waals surface area contributed by atoms with Gasteiger partial charge < -0.3 is 9.84 Å². The second-order valence-electron chi connectivity index (χ2n) is 9.05. The summed E-state index contributed by atoms with van der Waals surface area (Å²) in [5, 5.41) is 15.1. The number of amides is 1. The molecule has 10 heteroatoms. The largest absolute Gasteiger partial charge is 0.464 e. The van der Waals surface area contributed by atoms with Crippen molar-refractivity contribution in [1.29, 1.82) is 0 Å². The summed E-state index contributed by atoms with van der Waals surface area (Å²) in [4.78, 5) is 39.4. The third-order valence-corrected chi connectivity index (χ3v) is 6.78. The average molecular weight is 451 g/mol. The van der Waals surface area contributed by atoms with Crippen LogP contribution in [0.5, 0.6) is 0 Å². The van der Waals surface area contributed by atoms with Crippen LogP contribution in [-0.4, -0.2) is 50.3 Å². The second kappa shape index (κ2) is 8.23. The average Bonchev–Trinajstić information content (AvgIpc) is 3.30. The lowest BCUT2D eigenvalue weighted by molar-refractivity contribution is 0.103. The normalized spacial score (nSPS) is 15.7. The van der Waals surface area contributed by atoms with E-state index in [0.717, 1.165) is 17.9 Å². The first-order valence-corrected chi connectivity index (χ1v) is 11.2. The molecule has 31 heavy (non-hydrogen) atoms. The molecule has 0 atom stereocenters. The fourth-order valence-electron chi connectivity index (χ4n) is 3.48. The number of carboxylic acid groups (broad SMARTS) is 1. The van der Waals surface area contributed by atoms with Gasteiger partial charge in [0, 0.05) is 6.61 Å². The number of ether oxygens (including phenoxy) is 1. The third kappa shape index (κ3) is 4.31. The summed E-state index contributed by atoms with van der Waals surface area (Å²) < 4.78 is 8.43. The topological polar surface area (TPSA) is 106 Å².